The van der Waals surface area contributed by atoms with Gasteiger partial charge in [-0.3, -0.25) is 9.89 Å². The number of fused-ring (bicyclic) bond motifs is 1. The largest absolute Gasteiger partial charge is 0.395 e. The molecule has 10 heteroatoms. The van der Waals surface area contributed by atoms with Gasteiger partial charge in [-0.25, -0.2) is 15.0 Å². The number of anilines is 2. The van der Waals surface area contributed by atoms with Crippen LogP contribution in [0.15, 0.2) is 36.7 Å². The zero-order valence-electron chi connectivity index (χ0n) is 20.9. The smallest absolute Gasteiger partial charge is 0.269 e. The van der Waals surface area contributed by atoms with Gasteiger partial charge in [-0.1, -0.05) is 6.07 Å². The quantitative estimate of drug-likeness (QED) is 0.356. The highest BCUT2D eigenvalue weighted by Crippen LogP contribution is 2.68. The third-order valence-corrected chi connectivity index (χ3v) is 6.74. The normalized spacial score (nSPS) is 24.1. The molecule has 2 bridgehead atoms. The second-order valence-electron chi connectivity index (χ2n) is 9.07. The topological polar surface area (TPSA) is 172 Å². The molecule has 3 aliphatic rings. The molecule has 0 aliphatic heterocycles. The molecule has 3 fully saturated rings. The number of carbonyl (C=O) groups is 1. The summed E-state index contributed by atoms with van der Waals surface area (Å²) in [5.41, 5.74) is 12.4. The fraction of sp³-hybridized carbons (Fsp3) is 0.250. The summed E-state index contributed by atoms with van der Waals surface area (Å²) < 4.78 is 24.3. The Balaban J connectivity index is 1.55. The van der Waals surface area contributed by atoms with Crippen LogP contribution >= 0.6 is 0 Å². The number of aromatic nitrogens is 5. The highest BCUT2D eigenvalue weighted by Gasteiger charge is 2.69. The van der Waals surface area contributed by atoms with Crippen molar-refractivity contribution in [1.29, 1.82) is 5.26 Å². The van der Waals surface area contributed by atoms with E-state index in [-0.39, 0.29) is 45.0 Å². The molecule has 3 aromatic heterocycles. The minimum absolute atomic E-state index is 0.00614. The van der Waals surface area contributed by atoms with E-state index in [2.05, 4.69) is 36.5 Å². The minimum Gasteiger partial charge on any atom is -0.395 e. The lowest BCUT2D eigenvalue weighted by molar-refractivity contribution is -0.0662. The van der Waals surface area contributed by atoms with E-state index in [1.807, 2.05) is 0 Å². The number of aromatic amines is 1. The molecule has 0 unspecified atom stereocenters. The number of pyridine rings is 1. The number of amides is 1. The highest BCUT2D eigenvalue weighted by molar-refractivity contribution is 6.04. The highest BCUT2D eigenvalue weighted by atomic mass is 16.1. The van der Waals surface area contributed by atoms with Gasteiger partial charge in [-0.15, -0.1) is 0 Å². The molecule has 4 aromatic rings. The Morgan fingerprint density at radius 2 is 2.12 bits per heavy atom. The van der Waals surface area contributed by atoms with Crippen LogP contribution < -0.4 is 16.8 Å². The molecule has 0 atom stereocenters. The number of nitriles is 1. The molecule has 6 N–H and O–H groups in total. The van der Waals surface area contributed by atoms with Crippen molar-refractivity contribution in [3.05, 3.63) is 47.9 Å². The molecule has 168 valence electrons. The van der Waals surface area contributed by atoms with E-state index in [1.165, 1.54) is 12.3 Å². The molecule has 3 heterocycles. The van der Waals surface area contributed by atoms with Crippen LogP contribution in [0.25, 0.3) is 33.5 Å². The van der Waals surface area contributed by atoms with E-state index in [1.54, 1.807) is 24.4 Å². The lowest BCUT2D eigenvalue weighted by Gasteiger charge is -2.67. The van der Waals surface area contributed by atoms with Gasteiger partial charge in [-0.05, 0) is 49.9 Å². The van der Waals surface area contributed by atoms with Gasteiger partial charge in [0.05, 0.1) is 40.1 Å². The Labute approximate surface area is 198 Å². The van der Waals surface area contributed by atoms with Crippen molar-refractivity contribution in [2.24, 2.45) is 11.1 Å². The van der Waals surface area contributed by atoms with Crippen LogP contribution in [0.5, 0.6) is 0 Å². The predicted octanol–water partition coefficient (Wildman–Crippen LogP) is 2.93. The lowest BCUT2D eigenvalue weighted by atomic mass is 9.40. The number of hydrogen-bond acceptors (Lipinski definition) is 8. The molecule has 3 aliphatic carbocycles. The van der Waals surface area contributed by atoms with Gasteiger partial charge in [0.1, 0.15) is 5.82 Å². The van der Waals surface area contributed by atoms with Crippen LogP contribution in [-0.4, -0.2) is 36.6 Å². The maximum atomic E-state index is 12.4. The first-order valence-electron chi connectivity index (χ1n) is 12.1. The molecule has 7 rings (SSSR count). The third-order valence-electron chi connectivity index (χ3n) is 6.74. The zero-order valence-corrected chi connectivity index (χ0v) is 17.9. The van der Waals surface area contributed by atoms with Gasteiger partial charge in [0.2, 0.25) is 0 Å². The number of H-pyrrole nitrogens is 1. The SMILES string of the molecule is [2H]C([2H])([2H])c1ccc2[nH]ncc2c1-c1nc(-c2cccnc2NC23CC(C#N)(C2)C3)nc(C(N)=O)c1N. The average Bonchev–Trinajstić information content (AvgIpc) is 3.29. The lowest BCUT2D eigenvalue weighted by Crippen LogP contribution is -2.70. The van der Waals surface area contributed by atoms with E-state index in [0.717, 1.165) is 19.3 Å². The van der Waals surface area contributed by atoms with E-state index in [9.17, 15) is 10.1 Å². The summed E-state index contributed by atoms with van der Waals surface area (Å²) in [4.78, 5) is 25.9. The van der Waals surface area contributed by atoms with Crippen molar-refractivity contribution >= 4 is 28.3 Å². The van der Waals surface area contributed by atoms with Crippen LogP contribution in [0, 0.1) is 23.6 Å². The summed E-state index contributed by atoms with van der Waals surface area (Å²) in [5, 5.41) is 20.1. The third kappa shape index (κ3) is 2.76. The van der Waals surface area contributed by atoms with Gasteiger partial charge in [0, 0.05) is 26.8 Å². The summed E-state index contributed by atoms with van der Waals surface area (Å²) in [6.45, 7) is -2.51. The molecule has 10 nitrogen and oxygen atoms in total. The zero-order chi connectivity index (χ0) is 26.2. The standard InChI is InChI=1S/C24H21N9O/c1-12-4-5-15-14(7-29-33-15)16(12)18-17(26)19(20(27)34)31-22(30-18)13-3-2-6-28-21(13)32-24-8-23(9-24,10-24)11-25/h2-7H,8-10,26H2,1H3,(H2,27,34)(H,28,32)(H,29,33)/i1D3. The molecule has 1 amide bonds. The molecular weight excluding hydrogens is 430 g/mol. The molecule has 3 saturated carbocycles. The van der Waals surface area contributed by atoms with Gasteiger partial charge in [0.15, 0.2) is 11.5 Å². The van der Waals surface area contributed by atoms with Gasteiger partial charge in [-0.2, -0.15) is 10.4 Å². The number of benzene rings is 1. The van der Waals surface area contributed by atoms with Crippen LogP contribution in [0.3, 0.4) is 0 Å². The van der Waals surface area contributed by atoms with Crippen LogP contribution in [0.1, 0.15) is 39.4 Å². The Bertz CT molecular complexity index is 1630. The van der Waals surface area contributed by atoms with Gasteiger partial charge >= 0.3 is 0 Å². The van der Waals surface area contributed by atoms with Crippen molar-refractivity contribution in [2.75, 3.05) is 11.1 Å². The molecule has 0 spiro atoms. The predicted molar refractivity (Wildman–Crippen MR) is 126 cm³/mol. The number of aryl methyl sites for hydroxylation is 1. The summed E-state index contributed by atoms with van der Waals surface area (Å²) in [5.74, 6) is -0.296. The average molecular weight is 455 g/mol. The van der Waals surface area contributed by atoms with Crippen LogP contribution in [-0.2, 0) is 0 Å². The number of nitrogens with one attached hydrogen (secondary N) is 2. The maximum absolute atomic E-state index is 12.4. The summed E-state index contributed by atoms with van der Waals surface area (Å²) in [7, 11) is 0. The van der Waals surface area contributed by atoms with E-state index in [0.29, 0.717) is 22.3 Å². The van der Waals surface area contributed by atoms with Crippen LogP contribution in [0.4, 0.5) is 11.5 Å². The second kappa shape index (κ2) is 6.74. The van der Waals surface area contributed by atoms with Crippen molar-refractivity contribution in [3.63, 3.8) is 0 Å². The minimum atomic E-state index is -2.51. The van der Waals surface area contributed by atoms with Crippen LogP contribution in [0.2, 0.25) is 0 Å². The summed E-state index contributed by atoms with van der Waals surface area (Å²) >= 11 is 0. The van der Waals surface area contributed by atoms with Gasteiger partial charge in [0.25, 0.3) is 5.91 Å². The number of nitrogens with zero attached hydrogens (tertiary/aromatic N) is 5. The molecule has 0 radical (unpaired) electrons. The van der Waals surface area contributed by atoms with Crippen molar-refractivity contribution in [1.82, 2.24) is 25.1 Å². The fourth-order valence-electron chi connectivity index (χ4n) is 5.22. The first kappa shape index (κ1) is 17.0. The van der Waals surface area contributed by atoms with Crippen molar-refractivity contribution in [2.45, 2.75) is 31.7 Å². The monoisotopic (exact) mass is 454 g/mol. The van der Waals surface area contributed by atoms with E-state index in [4.69, 9.17) is 15.6 Å². The number of primary amides is 1. The number of rotatable bonds is 5. The second-order valence-corrected chi connectivity index (χ2v) is 9.07. The fourth-order valence-corrected chi connectivity index (χ4v) is 5.22. The van der Waals surface area contributed by atoms with Crippen molar-refractivity contribution in [3.8, 4) is 28.7 Å². The van der Waals surface area contributed by atoms with Crippen molar-refractivity contribution < 1.29 is 8.91 Å². The summed E-state index contributed by atoms with van der Waals surface area (Å²) in [6.07, 6.45) is 5.26. The number of carbonyl (C=O) groups excluding carboxylic acids is 1. The molecule has 1 aromatic carbocycles. The first-order chi connectivity index (χ1) is 17.5. The summed E-state index contributed by atoms with van der Waals surface area (Å²) in [6, 6.07) is 8.89. The molecule has 34 heavy (non-hydrogen) atoms. The number of nitrogen functional groups attached to an aromatic ring is 1. The van der Waals surface area contributed by atoms with E-state index < -0.39 is 12.8 Å². The van der Waals surface area contributed by atoms with Gasteiger partial charge < -0.3 is 16.8 Å². The first-order valence-corrected chi connectivity index (χ1v) is 10.6. The number of nitrogens with two attached hydrogens (primary N) is 2. The maximum Gasteiger partial charge on any atom is 0.269 e. The molecule has 0 saturated heterocycles. The Kier molecular flexibility index (Phi) is 3.38. The number of hydrogen-bond donors (Lipinski definition) is 4. The Morgan fingerprint density at radius 1 is 1.29 bits per heavy atom. The molecular formula is C24H21N9O. The Hall–Kier alpha value is -4.52. The van der Waals surface area contributed by atoms with E-state index >= 15 is 0 Å². The Morgan fingerprint density at radius 3 is 2.85 bits per heavy atom.